The number of nitrogens with two attached hydrogens (primary N) is 1. The highest BCUT2D eigenvalue weighted by Crippen LogP contribution is 2.03. The molecule has 0 fully saturated rings. The lowest BCUT2D eigenvalue weighted by molar-refractivity contribution is -0.140. The van der Waals surface area contributed by atoms with Crippen LogP contribution in [0.4, 0.5) is 0 Å². The molecule has 0 aliphatic carbocycles. The highest BCUT2D eigenvalue weighted by atomic mass is 35.5. The fourth-order valence-electron chi connectivity index (χ4n) is 1.00. The quantitative estimate of drug-likeness (QED) is 0.259. The lowest BCUT2D eigenvalue weighted by atomic mass is 10.1. The maximum absolute atomic E-state index is 11.0. The molecule has 0 saturated heterocycles. The number of hydrogen-bond donors (Lipinski definition) is 1. The molecule has 102 valence electrons. The minimum atomic E-state index is -0.532. The zero-order chi connectivity index (χ0) is 11.7. The number of methoxy groups -OCH3 is 2. The van der Waals surface area contributed by atoms with E-state index in [0.29, 0.717) is 25.7 Å². The van der Waals surface area contributed by atoms with Crippen molar-refractivity contribution in [1.82, 2.24) is 0 Å². The van der Waals surface area contributed by atoms with Gasteiger partial charge in [-0.25, -0.2) is 4.79 Å². The summed E-state index contributed by atoms with van der Waals surface area (Å²) in [7, 11) is 2.60. The van der Waals surface area contributed by atoms with Crippen molar-refractivity contribution in [2.45, 2.75) is 25.7 Å². The van der Waals surface area contributed by atoms with E-state index in [9.17, 15) is 9.59 Å². The predicted octanol–water partition coefficient (Wildman–Crippen LogP) is 1.05. The van der Waals surface area contributed by atoms with E-state index < -0.39 is 5.97 Å². The molecule has 0 heterocycles. The Kier molecular flexibility index (Phi) is 16.4. The van der Waals surface area contributed by atoms with Gasteiger partial charge in [-0.05, 0) is 19.3 Å². The number of hydrazone groups is 1. The number of hydrogen-bond acceptors (Lipinski definition) is 6. The molecule has 0 atom stereocenters. The Hall–Kier alpha value is -1.01. The van der Waals surface area contributed by atoms with Gasteiger partial charge < -0.3 is 15.3 Å². The standard InChI is InChI=1S/C9H16N2O4.2ClH/c1-14-8(12)6-4-3-5-7(11-10)9(13)15-2;;/h3-6,10H2,1-2H3;2*1H. The number of carbonyl (C=O) groups is 2. The van der Waals surface area contributed by atoms with Crippen molar-refractivity contribution in [2.75, 3.05) is 14.2 Å². The minimum absolute atomic E-state index is 0. The average molecular weight is 289 g/mol. The summed E-state index contributed by atoms with van der Waals surface area (Å²) in [5.41, 5.74) is 0.183. The van der Waals surface area contributed by atoms with Crippen molar-refractivity contribution in [3.8, 4) is 0 Å². The van der Waals surface area contributed by atoms with Gasteiger partial charge >= 0.3 is 11.9 Å². The van der Waals surface area contributed by atoms with Crippen LogP contribution >= 0.6 is 24.8 Å². The molecule has 17 heavy (non-hydrogen) atoms. The van der Waals surface area contributed by atoms with E-state index in [0.717, 1.165) is 0 Å². The summed E-state index contributed by atoms with van der Waals surface area (Å²) in [6.45, 7) is 0. The van der Waals surface area contributed by atoms with Gasteiger partial charge in [0.15, 0.2) is 0 Å². The second-order valence-electron chi connectivity index (χ2n) is 2.85. The molecule has 8 heteroatoms. The molecule has 0 rings (SSSR count). The largest absolute Gasteiger partial charge is 0.469 e. The number of rotatable bonds is 6. The van der Waals surface area contributed by atoms with E-state index in [2.05, 4.69) is 14.6 Å². The number of nitrogens with zero attached hydrogens (tertiary/aromatic N) is 1. The summed E-state index contributed by atoms with van der Waals surface area (Å²) >= 11 is 0. The molecule has 0 aromatic carbocycles. The molecule has 0 radical (unpaired) electrons. The van der Waals surface area contributed by atoms with Crippen LogP contribution < -0.4 is 5.84 Å². The first-order valence-corrected chi connectivity index (χ1v) is 4.57. The predicted molar refractivity (Wildman–Crippen MR) is 68.6 cm³/mol. The molecule has 0 bridgehead atoms. The van der Waals surface area contributed by atoms with Gasteiger partial charge in [-0.1, -0.05) is 0 Å². The van der Waals surface area contributed by atoms with Crippen LogP contribution in [0.2, 0.25) is 0 Å². The van der Waals surface area contributed by atoms with Crippen LogP contribution in [0.25, 0.3) is 0 Å². The van der Waals surface area contributed by atoms with Crippen molar-refractivity contribution in [3.63, 3.8) is 0 Å². The first-order valence-electron chi connectivity index (χ1n) is 4.57. The highest BCUT2D eigenvalue weighted by molar-refractivity contribution is 6.36. The molecule has 0 aromatic heterocycles. The van der Waals surface area contributed by atoms with E-state index in [4.69, 9.17) is 5.84 Å². The number of unbranched alkanes of at least 4 members (excludes halogenated alkanes) is 1. The zero-order valence-corrected chi connectivity index (χ0v) is 11.4. The SMILES string of the molecule is COC(=O)CCCCC(=NN)C(=O)OC.Cl.Cl. The van der Waals surface area contributed by atoms with Crippen molar-refractivity contribution in [3.05, 3.63) is 0 Å². The maximum Gasteiger partial charge on any atom is 0.354 e. The van der Waals surface area contributed by atoms with E-state index >= 15 is 0 Å². The minimum Gasteiger partial charge on any atom is -0.469 e. The third kappa shape index (κ3) is 9.89. The third-order valence-electron chi connectivity index (χ3n) is 1.85. The van der Waals surface area contributed by atoms with Gasteiger partial charge in [-0.15, -0.1) is 24.8 Å². The van der Waals surface area contributed by atoms with E-state index in [1.165, 1.54) is 14.2 Å². The fourth-order valence-corrected chi connectivity index (χ4v) is 1.00. The number of halogens is 2. The van der Waals surface area contributed by atoms with Crippen LogP contribution in [-0.2, 0) is 19.1 Å². The first-order chi connectivity index (χ1) is 7.15. The summed E-state index contributed by atoms with van der Waals surface area (Å²) in [5.74, 6) is 4.22. The molecule has 0 aromatic rings. The van der Waals surface area contributed by atoms with Crippen LogP contribution in [0.15, 0.2) is 5.10 Å². The van der Waals surface area contributed by atoms with Gasteiger partial charge in [0.25, 0.3) is 0 Å². The van der Waals surface area contributed by atoms with Crippen LogP contribution in [0.1, 0.15) is 25.7 Å². The number of ether oxygens (including phenoxy) is 2. The van der Waals surface area contributed by atoms with Gasteiger partial charge in [0.2, 0.25) is 0 Å². The van der Waals surface area contributed by atoms with Crippen molar-refractivity contribution < 1.29 is 19.1 Å². The molecule has 0 aliphatic rings. The summed E-state index contributed by atoms with van der Waals surface area (Å²) in [6, 6.07) is 0. The fraction of sp³-hybridized carbons (Fsp3) is 0.667. The normalized spacial score (nSPS) is 9.65. The van der Waals surface area contributed by atoms with Gasteiger partial charge in [-0.2, -0.15) is 5.10 Å². The van der Waals surface area contributed by atoms with Gasteiger partial charge in [0.05, 0.1) is 14.2 Å². The Balaban J connectivity index is -0.000000980. The molecule has 2 N–H and O–H groups in total. The van der Waals surface area contributed by atoms with Gasteiger partial charge in [0.1, 0.15) is 5.71 Å². The topological polar surface area (TPSA) is 91.0 Å². The summed E-state index contributed by atoms with van der Waals surface area (Å²) in [5, 5.41) is 3.32. The molecular weight excluding hydrogens is 271 g/mol. The van der Waals surface area contributed by atoms with Crippen molar-refractivity contribution >= 4 is 42.5 Å². The third-order valence-corrected chi connectivity index (χ3v) is 1.85. The summed E-state index contributed by atoms with van der Waals surface area (Å²) in [4.78, 5) is 21.7. The molecule has 0 saturated carbocycles. The lowest BCUT2D eigenvalue weighted by Gasteiger charge is -2.02. The molecule has 0 spiro atoms. The average Bonchev–Trinajstić information content (AvgIpc) is 2.27. The second-order valence-corrected chi connectivity index (χ2v) is 2.85. The van der Waals surface area contributed by atoms with Crippen LogP contribution in [0.5, 0.6) is 0 Å². The molecule has 0 aliphatic heterocycles. The van der Waals surface area contributed by atoms with Gasteiger partial charge in [0, 0.05) is 6.42 Å². The van der Waals surface area contributed by atoms with Crippen LogP contribution in [-0.4, -0.2) is 31.9 Å². The summed E-state index contributed by atoms with van der Waals surface area (Å²) < 4.78 is 8.93. The van der Waals surface area contributed by atoms with Gasteiger partial charge in [-0.3, -0.25) is 4.79 Å². The highest BCUT2D eigenvalue weighted by Gasteiger charge is 2.11. The Morgan fingerprint density at radius 3 is 2.00 bits per heavy atom. The smallest absolute Gasteiger partial charge is 0.354 e. The molecule has 6 nitrogen and oxygen atoms in total. The van der Waals surface area contributed by atoms with Crippen molar-refractivity contribution in [2.24, 2.45) is 10.9 Å². The van der Waals surface area contributed by atoms with E-state index in [1.807, 2.05) is 0 Å². The molecule has 0 unspecified atom stereocenters. The van der Waals surface area contributed by atoms with E-state index in [1.54, 1.807) is 0 Å². The Morgan fingerprint density at radius 2 is 1.59 bits per heavy atom. The first kappa shape index (κ1) is 21.3. The zero-order valence-electron chi connectivity index (χ0n) is 9.80. The Labute approximate surface area is 113 Å². The Bertz CT molecular complexity index is 259. The maximum atomic E-state index is 11.0. The van der Waals surface area contributed by atoms with E-state index in [-0.39, 0.29) is 36.5 Å². The monoisotopic (exact) mass is 288 g/mol. The number of esters is 2. The van der Waals surface area contributed by atoms with Crippen molar-refractivity contribution in [1.29, 1.82) is 0 Å². The second kappa shape index (κ2) is 13.1. The Morgan fingerprint density at radius 1 is 1.06 bits per heavy atom. The lowest BCUT2D eigenvalue weighted by Crippen LogP contribution is -2.17. The van der Waals surface area contributed by atoms with Crippen LogP contribution in [0, 0.1) is 0 Å². The van der Waals surface area contributed by atoms with Crippen LogP contribution in [0.3, 0.4) is 0 Å². The molecule has 0 amide bonds. The number of carbonyl (C=O) groups excluding carboxylic acids is 2. The summed E-state index contributed by atoms with van der Waals surface area (Å²) in [6.07, 6.45) is 2.00. The molecular formula is C9H18Cl2N2O4.